The van der Waals surface area contributed by atoms with Gasteiger partial charge in [-0.1, -0.05) is 0 Å². The van der Waals surface area contributed by atoms with Crippen molar-refractivity contribution in [3.8, 4) is 0 Å². The first-order valence-corrected chi connectivity index (χ1v) is 3.89. The molecule has 1 heterocycles. The van der Waals surface area contributed by atoms with Crippen LogP contribution < -0.4 is 0 Å². The highest BCUT2D eigenvalue weighted by Gasteiger charge is 2.39. The van der Waals surface area contributed by atoms with Crippen LogP contribution in [0.5, 0.6) is 0 Å². The molecule has 0 aromatic rings. The number of hydrogen-bond acceptors (Lipinski definition) is 4. The van der Waals surface area contributed by atoms with Crippen LogP contribution in [0.25, 0.3) is 0 Å². The summed E-state index contributed by atoms with van der Waals surface area (Å²) in [5, 5.41) is 8.21. The Hall–Kier alpha value is -0.420. The van der Waals surface area contributed by atoms with E-state index in [0.29, 0.717) is 0 Å². The molecule has 0 amide bonds. The van der Waals surface area contributed by atoms with Crippen LogP contribution >= 0.6 is 7.82 Å². The second-order valence-corrected chi connectivity index (χ2v) is 3.10. The van der Waals surface area contributed by atoms with E-state index in [1.807, 2.05) is 0 Å². The van der Waals surface area contributed by atoms with Gasteiger partial charge in [-0.05, 0) is 0 Å². The van der Waals surface area contributed by atoms with Gasteiger partial charge in [-0.3, -0.25) is 9.05 Å². The average Bonchev–Trinajstić information content (AvgIpc) is 2.10. The van der Waals surface area contributed by atoms with E-state index in [1.165, 1.54) is 0 Å². The third-order valence-electron chi connectivity index (χ3n) is 0.925. The van der Waals surface area contributed by atoms with Gasteiger partial charge in [0, 0.05) is 0 Å². The predicted octanol–water partition coefficient (Wildman–Crippen LogP) is -0.413. The lowest BCUT2D eigenvalue weighted by Crippen LogP contribution is -2.21. The Labute approximate surface area is 56.0 Å². The molecule has 2 atom stereocenters. The number of phosphoric acid groups is 1. The average molecular weight is 168 g/mol. The third-order valence-corrected chi connectivity index (χ3v) is 1.92. The fourth-order valence-corrected chi connectivity index (χ4v) is 1.36. The van der Waals surface area contributed by atoms with Gasteiger partial charge in [-0.15, -0.1) is 0 Å². The summed E-state index contributed by atoms with van der Waals surface area (Å²) < 4.78 is 18.6. The summed E-state index contributed by atoms with van der Waals surface area (Å²) in [6.45, 7) is -0.372. The van der Waals surface area contributed by atoms with Gasteiger partial charge in [-0.2, -0.15) is 0 Å². The molecule has 0 aromatic carbocycles. The minimum Gasteiger partial charge on any atom is -0.479 e. The molecule has 1 rings (SSSR count). The number of carboxylic acid groups (broad SMARTS) is 1. The van der Waals surface area contributed by atoms with E-state index in [0.717, 1.165) is 0 Å². The zero-order chi connectivity index (χ0) is 7.78. The lowest BCUT2D eigenvalue weighted by Gasteiger charge is -1.99. The molecular weight excluding hydrogens is 163 g/mol. The molecule has 58 valence electrons. The van der Waals surface area contributed by atoms with Crippen LogP contribution in [0.15, 0.2) is 0 Å². The van der Waals surface area contributed by atoms with Crippen molar-refractivity contribution in [2.24, 2.45) is 0 Å². The third kappa shape index (κ3) is 1.54. The number of aliphatic carboxylic acids is 1. The maximum atomic E-state index is 10.4. The summed E-state index contributed by atoms with van der Waals surface area (Å²) in [5.74, 6) is -1.30. The van der Waals surface area contributed by atoms with Crippen molar-refractivity contribution in [3.63, 3.8) is 0 Å². The van der Waals surface area contributed by atoms with Crippen LogP contribution in [0.2, 0.25) is 0 Å². The molecule has 1 aliphatic heterocycles. The van der Waals surface area contributed by atoms with Gasteiger partial charge in [0.25, 0.3) is 0 Å². The van der Waals surface area contributed by atoms with Crippen molar-refractivity contribution in [2.75, 3.05) is 6.61 Å². The first-order chi connectivity index (χ1) is 4.51. The molecule has 10 heavy (non-hydrogen) atoms. The summed E-state index contributed by atoms with van der Waals surface area (Å²) in [6.07, 6.45) is -1.31. The smallest absolute Gasteiger partial charge is 0.473 e. The van der Waals surface area contributed by atoms with Crippen molar-refractivity contribution in [3.05, 3.63) is 0 Å². The second-order valence-electron chi connectivity index (χ2n) is 1.70. The Bertz CT molecular complexity index is 199. The van der Waals surface area contributed by atoms with Gasteiger partial charge in [-0.25, -0.2) is 9.36 Å². The van der Waals surface area contributed by atoms with Crippen LogP contribution in [0.4, 0.5) is 0 Å². The number of hydrogen-bond donors (Lipinski definition) is 2. The fraction of sp³-hybridized carbons (Fsp3) is 0.667. The largest absolute Gasteiger partial charge is 0.479 e. The van der Waals surface area contributed by atoms with E-state index in [1.54, 1.807) is 0 Å². The molecule has 0 saturated carbocycles. The fourth-order valence-electron chi connectivity index (χ4n) is 0.500. The molecule has 1 aliphatic rings. The number of carbonyl (C=O) groups is 1. The Kier molecular flexibility index (Phi) is 1.78. The Morgan fingerprint density at radius 3 is 2.50 bits per heavy atom. The molecule has 0 aliphatic carbocycles. The minimum absolute atomic E-state index is 0.372. The van der Waals surface area contributed by atoms with Crippen LogP contribution in [0, 0.1) is 0 Å². The van der Waals surface area contributed by atoms with E-state index in [4.69, 9.17) is 10.00 Å². The zero-order valence-electron chi connectivity index (χ0n) is 4.76. The number of rotatable bonds is 1. The highest BCUT2D eigenvalue weighted by Crippen LogP contribution is 2.49. The predicted molar refractivity (Wildman–Crippen MR) is 28.3 cm³/mol. The summed E-state index contributed by atoms with van der Waals surface area (Å²) in [4.78, 5) is 18.5. The second kappa shape index (κ2) is 2.32. The highest BCUT2D eigenvalue weighted by atomic mass is 31.2. The number of carboxylic acids is 1. The van der Waals surface area contributed by atoms with Gasteiger partial charge in [0.1, 0.15) is 0 Å². The molecule has 0 spiro atoms. The maximum absolute atomic E-state index is 10.4. The normalized spacial score (nSPS) is 39.9. The lowest BCUT2D eigenvalue weighted by molar-refractivity contribution is -0.144. The molecule has 7 heteroatoms. The lowest BCUT2D eigenvalue weighted by atomic mass is 10.4. The Balaban J connectivity index is 2.60. The molecule has 1 saturated heterocycles. The van der Waals surface area contributed by atoms with Crippen LogP contribution in [-0.4, -0.2) is 28.7 Å². The summed E-state index contributed by atoms with van der Waals surface area (Å²) in [7, 11) is -4.03. The van der Waals surface area contributed by atoms with Crippen molar-refractivity contribution >= 4 is 13.8 Å². The van der Waals surface area contributed by atoms with Gasteiger partial charge in [0.2, 0.25) is 0 Å². The molecule has 1 fully saturated rings. The molecule has 0 bridgehead atoms. The monoisotopic (exact) mass is 168 g/mol. The summed E-state index contributed by atoms with van der Waals surface area (Å²) in [5.41, 5.74) is 0. The first kappa shape index (κ1) is 7.68. The number of phosphoric ester groups is 1. The molecule has 2 N–H and O–H groups in total. The Morgan fingerprint density at radius 2 is 2.30 bits per heavy atom. The van der Waals surface area contributed by atoms with Gasteiger partial charge in [0.15, 0.2) is 6.10 Å². The van der Waals surface area contributed by atoms with Gasteiger partial charge >= 0.3 is 13.8 Å². The van der Waals surface area contributed by atoms with Crippen LogP contribution in [0.3, 0.4) is 0 Å². The van der Waals surface area contributed by atoms with Gasteiger partial charge in [0.05, 0.1) is 6.61 Å². The van der Waals surface area contributed by atoms with Gasteiger partial charge < -0.3 is 10.00 Å². The standard InChI is InChI=1S/C3H5O6P/c4-3(5)2-1-8-10(6,7)9-2/h2H,1H2,(H,4,5)(H,6,7)/t2-/m1/s1. The molecule has 0 aromatic heterocycles. The molecule has 6 nitrogen and oxygen atoms in total. The van der Waals surface area contributed by atoms with Crippen molar-refractivity contribution in [1.29, 1.82) is 0 Å². The minimum atomic E-state index is -4.03. The Morgan fingerprint density at radius 1 is 1.70 bits per heavy atom. The van der Waals surface area contributed by atoms with Crippen LogP contribution in [0.1, 0.15) is 0 Å². The molecule has 1 unspecified atom stereocenters. The maximum Gasteiger partial charge on any atom is 0.473 e. The van der Waals surface area contributed by atoms with E-state index >= 15 is 0 Å². The molecular formula is C3H5O6P. The van der Waals surface area contributed by atoms with E-state index in [9.17, 15) is 9.36 Å². The van der Waals surface area contributed by atoms with Crippen LogP contribution in [-0.2, 0) is 18.4 Å². The topological polar surface area (TPSA) is 93.1 Å². The zero-order valence-corrected chi connectivity index (χ0v) is 5.65. The van der Waals surface area contributed by atoms with Crippen molar-refractivity contribution in [1.82, 2.24) is 0 Å². The van der Waals surface area contributed by atoms with E-state index in [2.05, 4.69) is 9.05 Å². The first-order valence-electron chi connectivity index (χ1n) is 2.40. The van der Waals surface area contributed by atoms with Crippen molar-refractivity contribution < 1.29 is 28.4 Å². The van der Waals surface area contributed by atoms with E-state index < -0.39 is 19.9 Å². The van der Waals surface area contributed by atoms with Crippen molar-refractivity contribution in [2.45, 2.75) is 6.10 Å². The highest BCUT2D eigenvalue weighted by molar-refractivity contribution is 7.47. The summed E-state index contributed by atoms with van der Waals surface area (Å²) >= 11 is 0. The quantitative estimate of drug-likeness (QED) is 0.517. The summed E-state index contributed by atoms with van der Waals surface area (Å²) in [6, 6.07) is 0. The molecule has 0 radical (unpaired) electrons. The van der Waals surface area contributed by atoms with E-state index in [-0.39, 0.29) is 6.61 Å². The SMILES string of the molecule is O=C(O)[C@H]1COP(=O)(O)O1.